The fraction of sp³-hybridized carbons (Fsp3) is 0.600. The largest absolute Gasteiger partial charge is 0.491 e. The van der Waals surface area contributed by atoms with Gasteiger partial charge in [-0.3, -0.25) is 9.59 Å². The number of aromatic nitrogens is 1. The number of nitrogens with one attached hydrogen (secondary N) is 1. The number of hydrogen-bond acceptors (Lipinski definition) is 3. The third kappa shape index (κ3) is 2.71. The van der Waals surface area contributed by atoms with Gasteiger partial charge < -0.3 is 14.6 Å². The van der Waals surface area contributed by atoms with Crippen molar-refractivity contribution in [1.29, 1.82) is 0 Å². The molecule has 0 bridgehead atoms. The minimum Gasteiger partial charge on any atom is -0.491 e. The number of hydrogen-bond donors (Lipinski definition) is 1. The highest BCUT2D eigenvalue weighted by atomic mass is 16.5. The Morgan fingerprint density at radius 3 is 2.70 bits per heavy atom. The number of carbonyl (C=O) groups excluding carboxylic acids is 1. The molecule has 110 valence electrons. The smallest absolute Gasteiger partial charge is 0.268 e. The number of amides is 1. The lowest BCUT2D eigenvalue weighted by molar-refractivity contribution is 0.0841. The summed E-state index contributed by atoms with van der Waals surface area (Å²) in [4.78, 5) is 23.9. The van der Waals surface area contributed by atoms with Crippen LogP contribution in [0.1, 0.15) is 43.1 Å². The van der Waals surface area contributed by atoms with E-state index in [0.717, 1.165) is 6.42 Å². The number of aryl methyl sites for hydroxylation is 1. The van der Waals surface area contributed by atoms with Crippen LogP contribution in [0.15, 0.2) is 17.1 Å². The Morgan fingerprint density at radius 2 is 2.20 bits per heavy atom. The van der Waals surface area contributed by atoms with E-state index in [0.29, 0.717) is 12.2 Å². The van der Waals surface area contributed by atoms with Gasteiger partial charge in [-0.25, -0.2) is 0 Å². The summed E-state index contributed by atoms with van der Waals surface area (Å²) in [5.74, 6) is 0.0417. The van der Waals surface area contributed by atoms with Crippen molar-refractivity contribution in [1.82, 2.24) is 9.88 Å². The van der Waals surface area contributed by atoms with Crippen molar-refractivity contribution in [3.63, 3.8) is 0 Å². The van der Waals surface area contributed by atoms with E-state index in [4.69, 9.17) is 4.74 Å². The van der Waals surface area contributed by atoms with Crippen LogP contribution in [0.2, 0.25) is 0 Å². The summed E-state index contributed by atoms with van der Waals surface area (Å²) in [6.07, 6.45) is 6.20. The van der Waals surface area contributed by atoms with Gasteiger partial charge in [0.1, 0.15) is 5.69 Å². The molecule has 1 aliphatic rings. The average Bonchev–Trinajstić information content (AvgIpc) is 2.40. The minimum atomic E-state index is -0.274. The highest BCUT2D eigenvalue weighted by Crippen LogP contribution is 2.43. The lowest BCUT2D eigenvalue weighted by Gasteiger charge is -2.41. The molecule has 0 aliphatic heterocycles. The van der Waals surface area contributed by atoms with Gasteiger partial charge in [-0.05, 0) is 24.7 Å². The van der Waals surface area contributed by atoms with E-state index in [1.807, 2.05) is 0 Å². The molecule has 0 atom stereocenters. The van der Waals surface area contributed by atoms with Crippen molar-refractivity contribution in [2.75, 3.05) is 13.7 Å². The summed E-state index contributed by atoms with van der Waals surface area (Å²) in [5.41, 5.74) is 0.354. The number of nitrogens with zero attached hydrogens (tertiary/aromatic N) is 1. The average molecular weight is 278 g/mol. The predicted octanol–water partition coefficient (Wildman–Crippen LogP) is 1.70. The first-order valence-corrected chi connectivity index (χ1v) is 7.04. The second kappa shape index (κ2) is 5.69. The maximum absolute atomic E-state index is 12.2. The van der Waals surface area contributed by atoms with Crippen LogP contribution in [-0.4, -0.2) is 24.1 Å². The molecule has 5 nitrogen and oxygen atoms in total. The van der Waals surface area contributed by atoms with E-state index in [1.165, 1.54) is 38.6 Å². The zero-order valence-electron chi connectivity index (χ0n) is 12.4. The van der Waals surface area contributed by atoms with Gasteiger partial charge >= 0.3 is 0 Å². The van der Waals surface area contributed by atoms with Crippen molar-refractivity contribution < 1.29 is 9.53 Å². The van der Waals surface area contributed by atoms with Gasteiger partial charge in [0.05, 0.1) is 13.3 Å². The van der Waals surface area contributed by atoms with E-state index >= 15 is 0 Å². The van der Waals surface area contributed by atoms with Gasteiger partial charge in [-0.1, -0.05) is 13.3 Å². The minimum absolute atomic E-state index is 0.202. The second-order valence-corrected chi connectivity index (χ2v) is 5.59. The highest BCUT2D eigenvalue weighted by Gasteiger charge is 2.35. The number of pyridine rings is 1. The van der Waals surface area contributed by atoms with Crippen LogP contribution in [0.4, 0.5) is 0 Å². The maximum atomic E-state index is 12.2. The van der Waals surface area contributed by atoms with Crippen LogP contribution in [-0.2, 0) is 7.05 Å². The van der Waals surface area contributed by atoms with Crippen LogP contribution in [0.5, 0.6) is 5.75 Å². The first-order valence-electron chi connectivity index (χ1n) is 7.04. The van der Waals surface area contributed by atoms with Crippen molar-refractivity contribution >= 4 is 5.91 Å². The second-order valence-electron chi connectivity index (χ2n) is 5.59. The predicted molar refractivity (Wildman–Crippen MR) is 77.1 cm³/mol. The lowest BCUT2D eigenvalue weighted by Crippen LogP contribution is -2.42. The van der Waals surface area contributed by atoms with E-state index < -0.39 is 0 Å². The molecule has 1 saturated carbocycles. The number of methoxy groups -OCH3 is 1. The summed E-state index contributed by atoms with van der Waals surface area (Å²) in [7, 11) is 3.17. The fourth-order valence-corrected chi connectivity index (χ4v) is 2.68. The highest BCUT2D eigenvalue weighted by molar-refractivity contribution is 5.92. The molecular weight excluding hydrogens is 256 g/mol. The molecule has 1 N–H and O–H groups in total. The Balaban J connectivity index is 2.09. The molecule has 0 spiro atoms. The maximum Gasteiger partial charge on any atom is 0.268 e. The van der Waals surface area contributed by atoms with Crippen LogP contribution in [0, 0.1) is 5.41 Å². The Hall–Kier alpha value is -1.78. The van der Waals surface area contributed by atoms with Crippen molar-refractivity contribution in [3.05, 3.63) is 28.2 Å². The number of carbonyl (C=O) groups is 1. The standard InChI is InChI=1S/C15H22N2O3/c1-4-15(6-5-7-15)10-16-14(19)11-8-12(18)13(20-3)9-17(11)2/h8-9H,4-7,10H2,1-3H3,(H,16,19). The van der Waals surface area contributed by atoms with Gasteiger partial charge in [0, 0.05) is 19.7 Å². The van der Waals surface area contributed by atoms with E-state index in [-0.39, 0.29) is 22.5 Å². The van der Waals surface area contributed by atoms with Gasteiger partial charge in [0.25, 0.3) is 5.91 Å². The molecular formula is C15H22N2O3. The Labute approximate surface area is 118 Å². The topological polar surface area (TPSA) is 60.3 Å². The first kappa shape index (κ1) is 14.6. The Kier molecular flexibility index (Phi) is 4.16. The van der Waals surface area contributed by atoms with Crippen molar-refractivity contribution in [2.24, 2.45) is 12.5 Å². The molecule has 1 fully saturated rings. The van der Waals surface area contributed by atoms with Crippen LogP contribution >= 0.6 is 0 Å². The molecule has 5 heteroatoms. The number of ether oxygens (including phenoxy) is 1. The van der Waals surface area contributed by atoms with E-state index in [1.54, 1.807) is 11.6 Å². The number of rotatable bonds is 5. The zero-order chi connectivity index (χ0) is 14.8. The Bertz CT molecular complexity index is 553. The normalized spacial score (nSPS) is 16.4. The molecule has 0 saturated heterocycles. The molecule has 0 unspecified atom stereocenters. The summed E-state index contributed by atoms with van der Waals surface area (Å²) in [6, 6.07) is 1.33. The molecule has 0 aromatic carbocycles. The van der Waals surface area contributed by atoms with Gasteiger partial charge in [-0.2, -0.15) is 0 Å². The van der Waals surface area contributed by atoms with E-state index in [9.17, 15) is 9.59 Å². The molecule has 20 heavy (non-hydrogen) atoms. The molecule has 0 radical (unpaired) electrons. The van der Waals surface area contributed by atoms with Crippen molar-refractivity contribution in [2.45, 2.75) is 32.6 Å². The molecule has 2 rings (SSSR count). The quantitative estimate of drug-likeness (QED) is 0.892. The van der Waals surface area contributed by atoms with Crippen LogP contribution < -0.4 is 15.5 Å². The summed E-state index contributed by atoms with van der Waals surface area (Å²) < 4.78 is 6.57. The van der Waals surface area contributed by atoms with Gasteiger partial charge in [0.2, 0.25) is 5.43 Å². The summed E-state index contributed by atoms with van der Waals surface area (Å²) >= 11 is 0. The molecule has 1 aromatic rings. The van der Waals surface area contributed by atoms with Gasteiger partial charge in [0.15, 0.2) is 5.75 Å². The van der Waals surface area contributed by atoms with Crippen LogP contribution in [0.3, 0.4) is 0 Å². The lowest BCUT2D eigenvalue weighted by atomic mass is 9.67. The SMILES string of the molecule is CCC1(CNC(=O)c2cc(=O)c(OC)cn2C)CCC1. The third-order valence-corrected chi connectivity index (χ3v) is 4.44. The van der Waals surface area contributed by atoms with Crippen LogP contribution in [0.25, 0.3) is 0 Å². The Morgan fingerprint density at radius 1 is 1.50 bits per heavy atom. The van der Waals surface area contributed by atoms with Crippen molar-refractivity contribution in [3.8, 4) is 5.75 Å². The summed E-state index contributed by atoms with van der Waals surface area (Å²) in [5, 5.41) is 2.96. The molecule has 1 aromatic heterocycles. The fourth-order valence-electron chi connectivity index (χ4n) is 2.68. The molecule has 1 heterocycles. The zero-order valence-corrected chi connectivity index (χ0v) is 12.4. The van der Waals surface area contributed by atoms with E-state index in [2.05, 4.69) is 12.2 Å². The molecule has 1 amide bonds. The summed E-state index contributed by atoms with van der Waals surface area (Å²) in [6.45, 7) is 2.84. The first-order chi connectivity index (χ1) is 9.51. The third-order valence-electron chi connectivity index (χ3n) is 4.44. The monoisotopic (exact) mass is 278 g/mol. The molecule has 1 aliphatic carbocycles. The van der Waals surface area contributed by atoms with Gasteiger partial charge in [-0.15, -0.1) is 0 Å².